The minimum atomic E-state index is -4.48. The van der Waals surface area contributed by atoms with Gasteiger partial charge in [-0.05, 0) is 54.8 Å². The Morgan fingerprint density at radius 1 is 1.14 bits per heavy atom. The molecule has 0 fully saturated rings. The first-order chi connectivity index (χ1) is 13.0. The zero-order valence-corrected chi connectivity index (χ0v) is 16.3. The topological polar surface area (TPSA) is 75.6 Å². The van der Waals surface area contributed by atoms with E-state index in [4.69, 9.17) is 4.74 Å². The van der Waals surface area contributed by atoms with E-state index in [2.05, 4.69) is 4.72 Å². The molecule has 0 saturated heterocycles. The fourth-order valence-corrected chi connectivity index (χ4v) is 3.57. The fourth-order valence-electron chi connectivity index (χ4n) is 2.45. The molecular formula is C19H22F3NO4S. The average Bonchev–Trinajstić information content (AvgIpc) is 2.64. The van der Waals surface area contributed by atoms with Crippen molar-refractivity contribution in [1.29, 1.82) is 0 Å². The molecule has 0 aromatic heterocycles. The summed E-state index contributed by atoms with van der Waals surface area (Å²) in [7, 11) is -3.90. The molecule has 5 nitrogen and oxygen atoms in total. The van der Waals surface area contributed by atoms with Crippen LogP contribution in [0, 0.1) is 6.92 Å². The van der Waals surface area contributed by atoms with Gasteiger partial charge in [-0.2, -0.15) is 13.2 Å². The van der Waals surface area contributed by atoms with Gasteiger partial charge < -0.3 is 9.84 Å². The van der Waals surface area contributed by atoms with Gasteiger partial charge in [0.2, 0.25) is 10.0 Å². The molecule has 0 aliphatic rings. The number of aryl methyl sites for hydroxylation is 1. The Bertz CT molecular complexity index is 896. The van der Waals surface area contributed by atoms with Gasteiger partial charge in [0.15, 0.2) is 0 Å². The summed E-state index contributed by atoms with van der Waals surface area (Å²) < 4.78 is 70.4. The molecule has 2 N–H and O–H groups in total. The van der Waals surface area contributed by atoms with E-state index in [1.54, 1.807) is 13.0 Å². The SMILES string of the molecule is CCCOc1ccc(S(=O)(=O)NCC(O)c2ccc(C(F)(F)F)cc2)cc1C. The molecule has 9 heteroatoms. The van der Waals surface area contributed by atoms with Crippen molar-refractivity contribution in [3.8, 4) is 5.75 Å². The van der Waals surface area contributed by atoms with Crippen LogP contribution >= 0.6 is 0 Å². The van der Waals surface area contributed by atoms with Crippen molar-refractivity contribution < 1.29 is 31.4 Å². The van der Waals surface area contributed by atoms with Gasteiger partial charge in [0, 0.05) is 6.54 Å². The Morgan fingerprint density at radius 2 is 1.79 bits per heavy atom. The van der Waals surface area contributed by atoms with Crippen LogP contribution in [0.1, 0.15) is 36.1 Å². The summed E-state index contributed by atoms with van der Waals surface area (Å²) in [4.78, 5) is 0.00784. The third kappa shape index (κ3) is 5.70. The van der Waals surface area contributed by atoms with Gasteiger partial charge in [0.1, 0.15) is 5.75 Å². The Hall–Kier alpha value is -2.10. The second-order valence-electron chi connectivity index (χ2n) is 6.26. The Balaban J connectivity index is 2.05. The van der Waals surface area contributed by atoms with E-state index in [0.29, 0.717) is 17.9 Å². The number of halogens is 3. The first-order valence-corrected chi connectivity index (χ1v) is 10.1. The number of nitrogens with one attached hydrogen (secondary N) is 1. The number of rotatable bonds is 8. The van der Waals surface area contributed by atoms with E-state index in [0.717, 1.165) is 30.7 Å². The van der Waals surface area contributed by atoms with Crippen LogP contribution in [-0.2, 0) is 16.2 Å². The number of hydrogen-bond acceptors (Lipinski definition) is 4. The lowest BCUT2D eigenvalue weighted by molar-refractivity contribution is -0.137. The normalized spacial score (nSPS) is 13.4. The van der Waals surface area contributed by atoms with Crippen LogP contribution in [0.5, 0.6) is 5.75 Å². The first kappa shape index (κ1) is 22.2. The number of aliphatic hydroxyl groups excluding tert-OH is 1. The van der Waals surface area contributed by atoms with Gasteiger partial charge in [-0.1, -0.05) is 19.1 Å². The van der Waals surface area contributed by atoms with E-state index in [9.17, 15) is 26.7 Å². The molecule has 0 spiro atoms. The molecule has 0 saturated carbocycles. The van der Waals surface area contributed by atoms with Gasteiger partial charge in [-0.25, -0.2) is 13.1 Å². The molecule has 0 radical (unpaired) electrons. The quantitative estimate of drug-likeness (QED) is 0.685. The van der Waals surface area contributed by atoms with Crippen molar-refractivity contribution >= 4 is 10.0 Å². The summed E-state index contributed by atoms with van der Waals surface area (Å²) in [6.45, 7) is 3.83. The van der Waals surface area contributed by atoms with Crippen LogP contribution in [0.4, 0.5) is 13.2 Å². The van der Waals surface area contributed by atoms with Crippen molar-refractivity contribution in [2.45, 2.75) is 37.4 Å². The number of benzene rings is 2. The highest BCUT2D eigenvalue weighted by molar-refractivity contribution is 7.89. The molecule has 2 aromatic carbocycles. The number of ether oxygens (including phenoxy) is 1. The Labute approximate surface area is 162 Å². The lowest BCUT2D eigenvalue weighted by Gasteiger charge is -2.15. The van der Waals surface area contributed by atoms with Gasteiger partial charge in [0.05, 0.1) is 23.2 Å². The molecule has 0 aliphatic heterocycles. The maximum absolute atomic E-state index is 12.6. The standard InChI is InChI=1S/C19H22F3NO4S/c1-3-10-27-18-9-8-16(11-13(18)2)28(25,26)23-12-17(24)14-4-6-15(7-5-14)19(20,21)22/h4-9,11,17,23-24H,3,10,12H2,1-2H3. The molecule has 2 aromatic rings. The number of hydrogen-bond donors (Lipinski definition) is 2. The Morgan fingerprint density at radius 3 is 2.32 bits per heavy atom. The Kier molecular flexibility index (Phi) is 7.08. The molecule has 1 atom stereocenters. The fraction of sp³-hybridized carbons (Fsp3) is 0.368. The number of sulfonamides is 1. The predicted molar refractivity (Wildman–Crippen MR) is 98.6 cm³/mol. The van der Waals surface area contributed by atoms with Crippen LogP contribution in [0.25, 0.3) is 0 Å². The number of alkyl halides is 3. The van der Waals surface area contributed by atoms with E-state index < -0.39 is 27.9 Å². The smallest absolute Gasteiger partial charge is 0.416 e. The lowest BCUT2D eigenvalue weighted by Crippen LogP contribution is -2.28. The molecule has 1 unspecified atom stereocenters. The van der Waals surface area contributed by atoms with Crippen molar-refractivity contribution in [2.24, 2.45) is 0 Å². The maximum Gasteiger partial charge on any atom is 0.416 e. The summed E-state index contributed by atoms with van der Waals surface area (Å²) in [5, 5.41) is 10.1. The summed E-state index contributed by atoms with van der Waals surface area (Å²) in [5.74, 6) is 0.589. The van der Waals surface area contributed by atoms with E-state index >= 15 is 0 Å². The van der Waals surface area contributed by atoms with Crippen LogP contribution < -0.4 is 9.46 Å². The van der Waals surface area contributed by atoms with Crippen LogP contribution in [0.2, 0.25) is 0 Å². The van der Waals surface area contributed by atoms with Gasteiger partial charge in [-0.3, -0.25) is 0 Å². The highest BCUT2D eigenvalue weighted by Gasteiger charge is 2.30. The first-order valence-electron chi connectivity index (χ1n) is 8.63. The largest absolute Gasteiger partial charge is 0.493 e. The van der Waals surface area contributed by atoms with E-state index in [1.165, 1.54) is 12.1 Å². The molecule has 28 heavy (non-hydrogen) atoms. The summed E-state index contributed by atoms with van der Waals surface area (Å²) in [6, 6.07) is 8.32. The summed E-state index contributed by atoms with van der Waals surface area (Å²) in [6.07, 6.45) is -4.94. The van der Waals surface area contributed by atoms with Crippen molar-refractivity contribution in [1.82, 2.24) is 4.72 Å². The third-order valence-corrected chi connectivity index (χ3v) is 5.43. The summed E-state index contributed by atoms with van der Waals surface area (Å²) in [5.41, 5.74) is -0.0142. The van der Waals surface area contributed by atoms with Crippen LogP contribution in [-0.4, -0.2) is 26.7 Å². The minimum absolute atomic E-state index is 0.00784. The van der Waals surface area contributed by atoms with Crippen molar-refractivity contribution in [3.05, 3.63) is 59.2 Å². The second-order valence-corrected chi connectivity index (χ2v) is 8.03. The molecule has 154 valence electrons. The zero-order valence-electron chi connectivity index (χ0n) is 15.5. The number of aliphatic hydroxyl groups is 1. The molecule has 0 amide bonds. The van der Waals surface area contributed by atoms with Crippen molar-refractivity contribution in [3.63, 3.8) is 0 Å². The third-order valence-electron chi connectivity index (χ3n) is 4.01. The van der Waals surface area contributed by atoms with Crippen LogP contribution in [0.15, 0.2) is 47.4 Å². The van der Waals surface area contributed by atoms with Gasteiger partial charge >= 0.3 is 6.18 Å². The highest BCUT2D eigenvalue weighted by Crippen LogP contribution is 2.30. The second kappa shape index (κ2) is 8.93. The monoisotopic (exact) mass is 417 g/mol. The molecule has 0 bridgehead atoms. The highest BCUT2D eigenvalue weighted by atomic mass is 32.2. The van der Waals surface area contributed by atoms with Gasteiger partial charge in [0.25, 0.3) is 0 Å². The summed E-state index contributed by atoms with van der Waals surface area (Å²) >= 11 is 0. The van der Waals surface area contributed by atoms with Gasteiger partial charge in [-0.15, -0.1) is 0 Å². The predicted octanol–water partition coefficient (Wildman–Crippen LogP) is 3.81. The molecular weight excluding hydrogens is 395 g/mol. The minimum Gasteiger partial charge on any atom is -0.493 e. The average molecular weight is 417 g/mol. The zero-order chi connectivity index (χ0) is 20.9. The van der Waals surface area contributed by atoms with E-state index in [-0.39, 0.29) is 17.0 Å². The molecule has 0 aliphatic carbocycles. The van der Waals surface area contributed by atoms with Crippen LogP contribution in [0.3, 0.4) is 0 Å². The van der Waals surface area contributed by atoms with E-state index in [1.807, 2.05) is 6.92 Å². The maximum atomic E-state index is 12.6. The molecule has 0 heterocycles. The lowest BCUT2D eigenvalue weighted by atomic mass is 10.1. The molecule has 2 rings (SSSR count). The van der Waals surface area contributed by atoms with Crippen molar-refractivity contribution in [2.75, 3.05) is 13.2 Å².